The van der Waals surface area contributed by atoms with E-state index in [0.717, 1.165) is 21.9 Å². The third kappa shape index (κ3) is 5.17. The zero-order valence-electron chi connectivity index (χ0n) is 24.1. The summed E-state index contributed by atoms with van der Waals surface area (Å²) in [5, 5.41) is 12.2. The third-order valence-corrected chi connectivity index (χ3v) is 9.57. The quantitative estimate of drug-likeness (QED) is 0.410. The highest BCUT2D eigenvalue weighted by Crippen LogP contribution is 2.58. The number of anilines is 2. The molecule has 2 heterocycles. The molecule has 1 unspecified atom stereocenters. The summed E-state index contributed by atoms with van der Waals surface area (Å²) in [6.45, 7) is 1.86. The van der Waals surface area contributed by atoms with Gasteiger partial charge in [-0.05, 0) is 67.0 Å². The number of carbonyl (C=O) groups excluding carboxylic acids is 3. The number of nitrogens with zero attached hydrogens (tertiary/aromatic N) is 4. The molecule has 4 aliphatic rings. The number of carbonyl (C=O) groups is 3. The summed E-state index contributed by atoms with van der Waals surface area (Å²) in [6.07, 6.45) is 4.13. The van der Waals surface area contributed by atoms with Crippen molar-refractivity contribution in [3.63, 3.8) is 0 Å². The normalized spacial score (nSPS) is 27.2. The van der Waals surface area contributed by atoms with Crippen LogP contribution in [-0.2, 0) is 14.4 Å². The molecule has 1 N–H and O–H groups in total. The van der Waals surface area contributed by atoms with Crippen LogP contribution in [0.4, 0.5) is 29.1 Å². The molecule has 8 nitrogen and oxygen atoms in total. The second-order valence-electron chi connectivity index (χ2n) is 12.3. The molecular weight excluding hydrogens is 614 g/mol. The maximum atomic E-state index is 14.9. The number of fused-ring (bicyclic) bond motifs is 1. The van der Waals surface area contributed by atoms with E-state index in [0.29, 0.717) is 24.5 Å². The Morgan fingerprint density at radius 1 is 1.16 bits per heavy atom. The van der Waals surface area contributed by atoms with E-state index in [4.69, 9.17) is 11.6 Å². The van der Waals surface area contributed by atoms with Crippen LogP contribution in [0.25, 0.3) is 0 Å². The number of benzene rings is 1. The predicted molar refractivity (Wildman–Crippen MR) is 156 cm³/mol. The first-order valence-electron chi connectivity index (χ1n) is 14.5. The van der Waals surface area contributed by atoms with Crippen molar-refractivity contribution in [3.05, 3.63) is 76.5 Å². The number of aromatic nitrogens is 1. The molecule has 1 aromatic carbocycles. The first-order chi connectivity index (χ1) is 21.3. The minimum absolute atomic E-state index is 0.0181. The molecule has 45 heavy (non-hydrogen) atoms. The van der Waals surface area contributed by atoms with Crippen LogP contribution in [0.15, 0.2) is 59.3 Å². The maximum absolute atomic E-state index is 14.9. The van der Waals surface area contributed by atoms with Gasteiger partial charge >= 0.3 is 0 Å². The fourth-order valence-corrected chi connectivity index (χ4v) is 7.67. The van der Waals surface area contributed by atoms with E-state index in [9.17, 15) is 37.2 Å². The Labute approximate surface area is 261 Å². The topological polar surface area (TPSA) is 106 Å². The van der Waals surface area contributed by atoms with Crippen LogP contribution in [0.5, 0.6) is 0 Å². The zero-order chi connectivity index (χ0) is 32.3. The van der Waals surface area contributed by atoms with E-state index in [1.165, 1.54) is 18.3 Å². The number of rotatable bonds is 6. The molecule has 2 saturated carbocycles. The minimum atomic E-state index is -2.96. The first-order valence-corrected chi connectivity index (χ1v) is 14.9. The number of alkyl halides is 2. The molecule has 0 spiro atoms. The average molecular weight is 642 g/mol. The zero-order valence-corrected chi connectivity index (χ0v) is 24.9. The number of halogens is 5. The van der Waals surface area contributed by atoms with Gasteiger partial charge in [-0.3, -0.25) is 24.2 Å². The van der Waals surface area contributed by atoms with Gasteiger partial charge in [0.25, 0.3) is 17.7 Å². The number of hydrogen-bond acceptors (Lipinski definition) is 5. The number of pyridine rings is 1. The largest absolute Gasteiger partial charge is 0.351 e. The Balaban J connectivity index is 1.54. The Morgan fingerprint density at radius 2 is 1.87 bits per heavy atom. The Hall–Kier alpha value is -4.24. The fraction of sp³-hybridized carbons (Fsp3) is 0.406. The van der Waals surface area contributed by atoms with Crippen LogP contribution in [0.2, 0.25) is 0 Å². The van der Waals surface area contributed by atoms with E-state index >= 15 is 0 Å². The van der Waals surface area contributed by atoms with Crippen molar-refractivity contribution in [1.29, 1.82) is 5.26 Å². The molecule has 1 aliphatic heterocycles. The lowest BCUT2D eigenvalue weighted by molar-refractivity contribution is -0.135. The molecule has 3 atom stereocenters. The smallest absolute Gasteiger partial charge is 0.252 e. The first kappa shape index (κ1) is 30.8. The van der Waals surface area contributed by atoms with Crippen LogP contribution in [-0.4, -0.2) is 46.3 Å². The Morgan fingerprint density at radius 3 is 2.53 bits per heavy atom. The molecular formula is C32H28ClF4N5O3. The van der Waals surface area contributed by atoms with Gasteiger partial charge in [0, 0.05) is 42.6 Å². The molecule has 3 amide bonds. The molecule has 3 aliphatic carbocycles. The van der Waals surface area contributed by atoms with E-state index in [1.807, 2.05) is 19.1 Å². The lowest BCUT2D eigenvalue weighted by atomic mass is 9.73. The molecule has 1 saturated heterocycles. The van der Waals surface area contributed by atoms with Crippen LogP contribution >= 0.6 is 11.6 Å². The van der Waals surface area contributed by atoms with E-state index in [-0.39, 0.29) is 41.4 Å². The van der Waals surface area contributed by atoms with Crippen molar-refractivity contribution < 1.29 is 31.9 Å². The van der Waals surface area contributed by atoms with Crippen molar-refractivity contribution in [2.24, 2.45) is 5.41 Å². The van der Waals surface area contributed by atoms with Gasteiger partial charge in [-0.15, -0.1) is 0 Å². The maximum Gasteiger partial charge on any atom is 0.252 e. The predicted octanol–water partition coefficient (Wildman–Crippen LogP) is 5.67. The van der Waals surface area contributed by atoms with Crippen molar-refractivity contribution in [2.75, 3.05) is 9.80 Å². The van der Waals surface area contributed by atoms with Gasteiger partial charge in [0.15, 0.2) is 0 Å². The number of nitriles is 1. The number of nitrogens with one attached hydrogen (secondary N) is 1. The monoisotopic (exact) mass is 641 g/mol. The molecule has 0 bridgehead atoms. The summed E-state index contributed by atoms with van der Waals surface area (Å²) < 4.78 is 57.4. The van der Waals surface area contributed by atoms with Crippen molar-refractivity contribution in [2.45, 2.75) is 75.4 Å². The Kier molecular flexibility index (Phi) is 7.51. The molecule has 1 aromatic heterocycles. The van der Waals surface area contributed by atoms with Crippen LogP contribution in [0.3, 0.4) is 0 Å². The van der Waals surface area contributed by atoms with Gasteiger partial charge in [-0.1, -0.05) is 24.6 Å². The summed E-state index contributed by atoms with van der Waals surface area (Å²) in [5.74, 6) is -7.13. The van der Waals surface area contributed by atoms with Gasteiger partial charge in [-0.2, -0.15) is 5.26 Å². The molecule has 234 valence electrons. The molecule has 13 heteroatoms. The van der Waals surface area contributed by atoms with Gasteiger partial charge in [0.2, 0.25) is 5.91 Å². The lowest BCUT2D eigenvalue weighted by Crippen LogP contribution is -2.67. The summed E-state index contributed by atoms with van der Waals surface area (Å²) in [6, 6.07) is 4.98. The van der Waals surface area contributed by atoms with Gasteiger partial charge in [0.1, 0.15) is 29.0 Å². The van der Waals surface area contributed by atoms with Crippen molar-refractivity contribution in [1.82, 2.24) is 10.3 Å². The van der Waals surface area contributed by atoms with E-state index < -0.39 is 71.2 Å². The van der Waals surface area contributed by atoms with Crippen LogP contribution < -0.4 is 15.1 Å². The Bertz CT molecular complexity index is 1700. The van der Waals surface area contributed by atoms with E-state index in [2.05, 4.69) is 10.3 Å². The highest BCUT2D eigenvalue weighted by Gasteiger charge is 2.63. The molecule has 3 fully saturated rings. The summed E-state index contributed by atoms with van der Waals surface area (Å²) >= 11 is 6.81. The highest BCUT2D eigenvalue weighted by molar-refractivity contribution is 6.32. The molecule has 0 radical (unpaired) electrons. The lowest BCUT2D eigenvalue weighted by Gasteiger charge is -2.47. The van der Waals surface area contributed by atoms with Gasteiger partial charge in [0.05, 0.1) is 17.3 Å². The third-order valence-electron chi connectivity index (χ3n) is 9.25. The second-order valence-corrected chi connectivity index (χ2v) is 12.7. The average Bonchev–Trinajstić information content (AvgIpc) is 3.50. The van der Waals surface area contributed by atoms with Crippen molar-refractivity contribution >= 4 is 40.8 Å². The van der Waals surface area contributed by atoms with Gasteiger partial charge < -0.3 is 5.32 Å². The molecule has 6 rings (SSSR count). The summed E-state index contributed by atoms with van der Waals surface area (Å²) in [5.41, 5.74) is -2.55. The number of hydrogen-bond donors (Lipinski definition) is 1. The standard InChI is InChI=1S/C32H28ClF4N5O3/c1-30-7-2-3-23(33)27(30)32(9-8-30,29(45)40-21-15-31(36,37)16-21)42(22-13-19(34)12-20(35)14-22)28(44)24-4-5-26(43)41(24)25-11-18(17-38)6-10-39-25/h2-3,6,10-14,21,24H,4-5,7-9,15-16H2,1H3,(H,40,45)/t24-,30?,32+/m0/s1. The van der Waals surface area contributed by atoms with Gasteiger partial charge in [-0.25, -0.2) is 22.5 Å². The second kappa shape index (κ2) is 11.0. The molecule has 2 aromatic rings. The van der Waals surface area contributed by atoms with E-state index in [1.54, 1.807) is 6.08 Å². The van der Waals surface area contributed by atoms with Crippen LogP contribution in [0, 0.1) is 28.4 Å². The van der Waals surface area contributed by atoms with Crippen LogP contribution in [0.1, 0.15) is 57.4 Å². The summed E-state index contributed by atoms with van der Waals surface area (Å²) in [4.78, 5) is 49.0. The highest BCUT2D eigenvalue weighted by atomic mass is 35.5. The summed E-state index contributed by atoms with van der Waals surface area (Å²) in [7, 11) is 0. The fourth-order valence-electron chi connectivity index (χ4n) is 7.20. The number of allylic oxidation sites excluding steroid dienone is 3. The van der Waals surface area contributed by atoms with Crippen molar-refractivity contribution in [3.8, 4) is 6.07 Å². The number of amides is 3. The minimum Gasteiger partial charge on any atom is -0.351 e. The SMILES string of the molecule is CC12CC=CC(Cl)=C1[C@](C(=O)NC1CC(F)(F)C1)(N(C(=O)[C@@H]1CCC(=O)N1c1cc(C#N)ccn1)c1cc(F)cc(F)c1)CC2.